The van der Waals surface area contributed by atoms with E-state index in [4.69, 9.17) is 9.84 Å². The Morgan fingerprint density at radius 1 is 1.35 bits per heavy atom. The average Bonchev–Trinajstić information content (AvgIpc) is 2.37. The van der Waals surface area contributed by atoms with E-state index in [9.17, 15) is 18.0 Å². The molecule has 0 saturated heterocycles. The summed E-state index contributed by atoms with van der Waals surface area (Å²) in [4.78, 5) is 12.7. The normalized spacial score (nSPS) is 11.4. The molecule has 0 aliphatic rings. The van der Waals surface area contributed by atoms with Crippen LogP contribution in [-0.4, -0.2) is 48.9 Å². The van der Waals surface area contributed by atoms with Gasteiger partial charge in [0.15, 0.2) is 0 Å². The number of aliphatic hydroxyl groups is 1. The Balaban J connectivity index is 3.00. The highest BCUT2D eigenvalue weighted by Gasteiger charge is 2.33. The second kappa shape index (κ2) is 7.25. The van der Waals surface area contributed by atoms with Crippen LogP contribution in [0.15, 0.2) is 24.3 Å². The van der Waals surface area contributed by atoms with Crippen molar-refractivity contribution in [1.82, 2.24) is 4.90 Å². The number of carbonyl (C=O) groups is 1. The van der Waals surface area contributed by atoms with Gasteiger partial charge in [0.1, 0.15) is 6.54 Å². The van der Waals surface area contributed by atoms with Gasteiger partial charge in [-0.2, -0.15) is 13.2 Å². The number of hydrogen-bond acceptors (Lipinski definition) is 3. The maximum Gasteiger partial charge on any atom is 0.406 e. The fourth-order valence-corrected chi connectivity index (χ4v) is 1.77. The van der Waals surface area contributed by atoms with E-state index in [-0.39, 0.29) is 18.7 Å². The first-order valence-electron chi connectivity index (χ1n) is 5.92. The van der Waals surface area contributed by atoms with E-state index >= 15 is 0 Å². The van der Waals surface area contributed by atoms with Crippen molar-refractivity contribution < 1.29 is 27.8 Å². The molecule has 1 amide bonds. The third kappa shape index (κ3) is 4.82. The Morgan fingerprint density at radius 2 is 2.00 bits per heavy atom. The standard InChI is InChI=1S/C13H16F3NO3/c1-20-8-10-4-2-3-5-11(10)12(19)17(6-7-18)9-13(14,15)16/h2-5,18H,6-9H2,1H3. The van der Waals surface area contributed by atoms with E-state index in [2.05, 4.69) is 0 Å². The first-order valence-corrected chi connectivity index (χ1v) is 5.92. The number of hydrogen-bond donors (Lipinski definition) is 1. The highest BCUT2D eigenvalue weighted by molar-refractivity contribution is 5.95. The van der Waals surface area contributed by atoms with Crippen LogP contribution in [0.4, 0.5) is 13.2 Å². The van der Waals surface area contributed by atoms with Gasteiger partial charge in [-0.1, -0.05) is 18.2 Å². The quantitative estimate of drug-likeness (QED) is 0.870. The van der Waals surface area contributed by atoms with Crippen molar-refractivity contribution in [1.29, 1.82) is 0 Å². The summed E-state index contributed by atoms with van der Waals surface area (Å²) in [5, 5.41) is 8.82. The minimum absolute atomic E-state index is 0.126. The van der Waals surface area contributed by atoms with Crippen molar-refractivity contribution in [3.63, 3.8) is 0 Å². The van der Waals surface area contributed by atoms with Gasteiger partial charge in [-0.15, -0.1) is 0 Å². The van der Waals surface area contributed by atoms with Gasteiger partial charge in [-0.3, -0.25) is 4.79 Å². The van der Waals surface area contributed by atoms with Crippen LogP contribution in [0.2, 0.25) is 0 Å². The number of aliphatic hydroxyl groups excluding tert-OH is 1. The molecule has 0 aliphatic heterocycles. The van der Waals surface area contributed by atoms with Crippen LogP contribution in [0.5, 0.6) is 0 Å². The number of carbonyl (C=O) groups excluding carboxylic acids is 1. The minimum Gasteiger partial charge on any atom is -0.395 e. The number of alkyl halides is 3. The number of amides is 1. The summed E-state index contributed by atoms with van der Waals surface area (Å²) in [6.07, 6.45) is -4.51. The summed E-state index contributed by atoms with van der Waals surface area (Å²) in [6, 6.07) is 6.29. The van der Waals surface area contributed by atoms with Gasteiger partial charge < -0.3 is 14.7 Å². The topological polar surface area (TPSA) is 49.8 Å². The lowest BCUT2D eigenvalue weighted by Gasteiger charge is -2.24. The summed E-state index contributed by atoms with van der Waals surface area (Å²) in [6.45, 7) is -2.18. The maximum absolute atomic E-state index is 12.5. The van der Waals surface area contributed by atoms with Gasteiger partial charge >= 0.3 is 6.18 Å². The first-order chi connectivity index (χ1) is 9.39. The van der Waals surface area contributed by atoms with Gasteiger partial charge in [0.25, 0.3) is 5.91 Å². The highest BCUT2D eigenvalue weighted by atomic mass is 19.4. The molecule has 4 nitrogen and oxygen atoms in total. The number of ether oxygens (including phenoxy) is 1. The molecular weight excluding hydrogens is 275 g/mol. The highest BCUT2D eigenvalue weighted by Crippen LogP contribution is 2.19. The molecule has 20 heavy (non-hydrogen) atoms. The summed E-state index contributed by atoms with van der Waals surface area (Å²) >= 11 is 0. The second-order valence-corrected chi connectivity index (χ2v) is 4.16. The minimum atomic E-state index is -4.51. The number of rotatable bonds is 6. The summed E-state index contributed by atoms with van der Waals surface area (Å²) in [5.74, 6) is -0.774. The number of nitrogens with zero attached hydrogens (tertiary/aromatic N) is 1. The van der Waals surface area contributed by atoms with Crippen LogP contribution in [0.1, 0.15) is 15.9 Å². The van der Waals surface area contributed by atoms with Crippen molar-refractivity contribution in [2.75, 3.05) is 26.8 Å². The molecule has 1 aromatic carbocycles. The zero-order valence-corrected chi connectivity index (χ0v) is 11.0. The maximum atomic E-state index is 12.5. The largest absolute Gasteiger partial charge is 0.406 e. The molecule has 112 valence electrons. The van der Waals surface area contributed by atoms with Gasteiger partial charge in [0, 0.05) is 19.2 Å². The van der Waals surface area contributed by atoms with Crippen LogP contribution < -0.4 is 0 Å². The van der Waals surface area contributed by atoms with Crippen molar-refractivity contribution in [3.8, 4) is 0 Å². The van der Waals surface area contributed by atoms with Crippen LogP contribution in [-0.2, 0) is 11.3 Å². The Morgan fingerprint density at radius 3 is 2.55 bits per heavy atom. The third-order valence-electron chi connectivity index (χ3n) is 2.57. The molecule has 7 heteroatoms. The molecule has 0 radical (unpaired) electrons. The van der Waals surface area contributed by atoms with E-state index in [0.29, 0.717) is 10.5 Å². The number of methoxy groups -OCH3 is 1. The van der Waals surface area contributed by atoms with E-state index < -0.39 is 25.2 Å². The Labute approximate surface area is 114 Å². The van der Waals surface area contributed by atoms with Gasteiger partial charge in [-0.05, 0) is 11.6 Å². The molecule has 0 saturated carbocycles. The lowest BCUT2D eigenvalue weighted by atomic mass is 10.1. The van der Waals surface area contributed by atoms with Crippen LogP contribution in [0, 0.1) is 0 Å². The predicted molar refractivity (Wildman–Crippen MR) is 66.2 cm³/mol. The molecule has 0 fully saturated rings. The van der Waals surface area contributed by atoms with E-state index in [1.807, 2.05) is 0 Å². The van der Waals surface area contributed by atoms with E-state index in [0.717, 1.165) is 0 Å². The first kappa shape index (κ1) is 16.5. The Hall–Kier alpha value is -1.60. The van der Waals surface area contributed by atoms with E-state index in [1.54, 1.807) is 18.2 Å². The lowest BCUT2D eigenvalue weighted by Crippen LogP contribution is -2.41. The molecular formula is C13H16F3NO3. The average molecular weight is 291 g/mol. The number of halogens is 3. The lowest BCUT2D eigenvalue weighted by molar-refractivity contribution is -0.141. The molecule has 1 aromatic rings. The molecule has 1 rings (SSSR count). The van der Waals surface area contributed by atoms with Gasteiger partial charge in [-0.25, -0.2) is 0 Å². The smallest absolute Gasteiger partial charge is 0.395 e. The molecule has 0 bridgehead atoms. The van der Waals surface area contributed by atoms with Gasteiger partial charge in [0.05, 0.1) is 13.2 Å². The second-order valence-electron chi connectivity index (χ2n) is 4.16. The zero-order chi connectivity index (χ0) is 15.2. The van der Waals surface area contributed by atoms with Crippen molar-refractivity contribution in [3.05, 3.63) is 35.4 Å². The molecule has 0 unspecified atom stereocenters. The SMILES string of the molecule is COCc1ccccc1C(=O)N(CCO)CC(F)(F)F. The Kier molecular flexibility index (Phi) is 5.97. The Bertz CT molecular complexity index is 449. The zero-order valence-electron chi connectivity index (χ0n) is 11.0. The van der Waals surface area contributed by atoms with Gasteiger partial charge in [0.2, 0.25) is 0 Å². The molecule has 1 N–H and O–H groups in total. The molecule has 0 atom stereocenters. The predicted octanol–water partition coefficient (Wildman–Crippen LogP) is 1.83. The summed E-state index contributed by atoms with van der Waals surface area (Å²) in [7, 11) is 1.43. The monoisotopic (exact) mass is 291 g/mol. The summed E-state index contributed by atoms with van der Waals surface area (Å²) in [5.41, 5.74) is 0.650. The number of benzene rings is 1. The van der Waals surface area contributed by atoms with Crippen LogP contribution in [0.25, 0.3) is 0 Å². The fourth-order valence-electron chi connectivity index (χ4n) is 1.77. The van der Waals surface area contributed by atoms with Crippen molar-refractivity contribution in [2.45, 2.75) is 12.8 Å². The molecule has 0 aromatic heterocycles. The van der Waals surface area contributed by atoms with Crippen LogP contribution in [0.3, 0.4) is 0 Å². The fraction of sp³-hybridized carbons (Fsp3) is 0.462. The van der Waals surface area contributed by atoms with Crippen molar-refractivity contribution in [2.24, 2.45) is 0 Å². The molecule has 0 aliphatic carbocycles. The van der Waals surface area contributed by atoms with E-state index in [1.165, 1.54) is 13.2 Å². The van der Waals surface area contributed by atoms with Crippen molar-refractivity contribution >= 4 is 5.91 Å². The summed E-state index contributed by atoms with van der Waals surface area (Å²) < 4.78 is 42.3. The molecule has 0 heterocycles. The van der Waals surface area contributed by atoms with Crippen LogP contribution >= 0.6 is 0 Å². The third-order valence-corrected chi connectivity index (χ3v) is 2.57. The molecule has 0 spiro atoms.